The molecule has 0 bridgehead atoms. The van der Waals surface area contributed by atoms with Gasteiger partial charge in [-0.1, -0.05) is 74.7 Å². The van der Waals surface area contributed by atoms with E-state index in [0.717, 1.165) is 39.5 Å². The number of hydrogen-bond donors (Lipinski definition) is 0. The average Bonchev–Trinajstić information content (AvgIpc) is 3.29. The van der Waals surface area contributed by atoms with E-state index in [4.69, 9.17) is 4.98 Å². The molecule has 0 amide bonds. The Balaban J connectivity index is 1.64. The lowest BCUT2D eigenvalue weighted by Gasteiger charge is -2.12. The van der Waals surface area contributed by atoms with Crippen LogP contribution in [0.4, 0.5) is 0 Å². The summed E-state index contributed by atoms with van der Waals surface area (Å²) in [6.45, 7) is 2.85. The molecule has 5 heteroatoms. The molecule has 2 aromatic heterocycles. The number of hydrogen-bond acceptors (Lipinski definition) is 4. The predicted molar refractivity (Wildman–Crippen MR) is 121 cm³/mol. The normalized spacial score (nSPS) is 13.3. The average molecular weight is 413 g/mol. The van der Waals surface area contributed by atoms with Crippen molar-refractivity contribution < 1.29 is 0 Å². The molecule has 0 fully saturated rings. The van der Waals surface area contributed by atoms with Crippen LogP contribution in [0.15, 0.2) is 40.3 Å². The van der Waals surface area contributed by atoms with Crippen LogP contribution < -0.4 is 5.56 Å². The number of unbranched alkanes of at least 4 members (excludes halogenated alkanes) is 4. The predicted octanol–water partition coefficient (Wildman–Crippen LogP) is 6.06. The number of rotatable bonds is 9. The number of benzene rings is 1. The highest BCUT2D eigenvalue weighted by Gasteiger charge is 2.23. The Morgan fingerprint density at radius 2 is 1.93 bits per heavy atom. The fourth-order valence-corrected chi connectivity index (χ4v) is 6.24. The highest BCUT2D eigenvalue weighted by molar-refractivity contribution is 7.99. The van der Waals surface area contributed by atoms with E-state index in [1.807, 2.05) is 22.8 Å². The molecule has 0 N–H and O–H groups in total. The third kappa shape index (κ3) is 4.20. The van der Waals surface area contributed by atoms with Gasteiger partial charge in [0.2, 0.25) is 0 Å². The maximum Gasteiger partial charge on any atom is 0.263 e. The summed E-state index contributed by atoms with van der Waals surface area (Å²) in [7, 11) is 0. The highest BCUT2D eigenvalue weighted by Crippen LogP contribution is 2.35. The molecule has 28 heavy (non-hydrogen) atoms. The van der Waals surface area contributed by atoms with E-state index >= 15 is 0 Å². The van der Waals surface area contributed by atoms with E-state index in [1.165, 1.54) is 49.0 Å². The van der Waals surface area contributed by atoms with Crippen LogP contribution in [0.1, 0.15) is 61.5 Å². The second kappa shape index (κ2) is 9.27. The fourth-order valence-electron chi connectivity index (χ4n) is 3.94. The molecule has 3 nitrogen and oxygen atoms in total. The summed E-state index contributed by atoms with van der Waals surface area (Å²) in [5.41, 5.74) is 2.58. The molecule has 0 saturated heterocycles. The van der Waals surface area contributed by atoms with Crippen molar-refractivity contribution in [2.75, 3.05) is 5.75 Å². The van der Waals surface area contributed by atoms with E-state index in [1.54, 1.807) is 23.1 Å². The Labute approximate surface area is 175 Å². The van der Waals surface area contributed by atoms with E-state index < -0.39 is 0 Å². The van der Waals surface area contributed by atoms with Crippen LogP contribution >= 0.6 is 23.1 Å². The molecule has 0 atom stereocenters. The van der Waals surface area contributed by atoms with Gasteiger partial charge in [-0.3, -0.25) is 9.36 Å². The zero-order valence-electron chi connectivity index (χ0n) is 16.6. The number of nitrogens with zero attached hydrogens (tertiary/aromatic N) is 2. The van der Waals surface area contributed by atoms with Crippen molar-refractivity contribution in [2.24, 2.45) is 0 Å². The number of fused-ring (bicyclic) bond motifs is 3. The second-order valence-electron chi connectivity index (χ2n) is 7.57. The van der Waals surface area contributed by atoms with Crippen molar-refractivity contribution in [3.63, 3.8) is 0 Å². The lowest BCUT2D eigenvalue weighted by molar-refractivity contribution is 0.649. The lowest BCUT2D eigenvalue weighted by Crippen LogP contribution is -2.24. The van der Waals surface area contributed by atoms with Crippen LogP contribution in [-0.4, -0.2) is 15.3 Å². The molecule has 3 aromatic rings. The monoisotopic (exact) mass is 412 g/mol. The third-order valence-corrected chi connectivity index (χ3v) is 7.70. The summed E-state index contributed by atoms with van der Waals surface area (Å²) in [5, 5.41) is 1.78. The maximum absolute atomic E-state index is 13.5. The van der Waals surface area contributed by atoms with Gasteiger partial charge in [0, 0.05) is 10.6 Å². The molecular weight excluding hydrogens is 384 g/mol. The standard InChI is InChI=1S/C23H28N2OS2/c1-2-3-4-5-9-15-27-23-24-21-20(18-13-10-14-19(18)28-21)22(26)25(23)16-17-11-7-6-8-12-17/h6-8,11-12H,2-5,9-10,13-16H2,1H3. The second-order valence-corrected chi connectivity index (χ2v) is 9.72. The van der Waals surface area contributed by atoms with Crippen molar-refractivity contribution in [1.82, 2.24) is 9.55 Å². The Morgan fingerprint density at radius 3 is 2.75 bits per heavy atom. The van der Waals surface area contributed by atoms with Crippen LogP contribution in [-0.2, 0) is 19.4 Å². The van der Waals surface area contributed by atoms with Crippen molar-refractivity contribution in [1.29, 1.82) is 0 Å². The molecule has 148 valence electrons. The van der Waals surface area contributed by atoms with Gasteiger partial charge >= 0.3 is 0 Å². The molecule has 0 saturated carbocycles. The van der Waals surface area contributed by atoms with Gasteiger partial charge < -0.3 is 0 Å². The van der Waals surface area contributed by atoms with Crippen LogP contribution in [0.3, 0.4) is 0 Å². The molecule has 0 spiro atoms. The zero-order valence-corrected chi connectivity index (χ0v) is 18.2. The Bertz CT molecular complexity index is 991. The minimum Gasteiger partial charge on any atom is -0.283 e. The smallest absolute Gasteiger partial charge is 0.263 e. The Kier molecular flexibility index (Phi) is 6.53. The molecule has 1 aromatic carbocycles. The number of thiophene rings is 1. The molecule has 0 radical (unpaired) electrons. The highest BCUT2D eigenvalue weighted by atomic mass is 32.2. The van der Waals surface area contributed by atoms with Gasteiger partial charge in [-0.2, -0.15) is 0 Å². The minimum absolute atomic E-state index is 0.154. The molecular formula is C23H28N2OS2. The van der Waals surface area contributed by atoms with Gasteiger partial charge in [0.1, 0.15) is 4.83 Å². The van der Waals surface area contributed by atoms with Crippen molar-refractivity contribution in [3.8, 4) is 0 Å². The number of aromatic nitrogens is 2. The minimum atomic E-state index is 0.154. The molecule has 1 aliphatic rings. The topological polar surface area (TPSA) is 34.9 Å². The van der Waals surface area contributed by atoms with Crippen LogP contribution in [0, 0.1) is 0 Å². The summed E-state index contributed by atoms with van der Waals surface area (Å²) in [6, 6.07) is 10.3. The molecule has 1 aliphatic carbocycles. The number of thioether (sulfide) groups is 1. The first-order valence-electron chi connectivity index (χ1n) is 10.5. The molecule has 2 heterocycles. The summed E-state index contributed by atoms with van der Waals surface area (Å²) < 4.78 is 1.92. The summed E-state index contributed by atoms with van der Waals surface area (Å²) >= 11 is 3.49. The molecule has 0 aliphatic heterocycles. The van der Waals surface area contributed by atoms with Crippen LogP contribution in [0.2, 0.25) is 0 Å². The van der Waals surface area contributed by atoms with Gasteiger partial charge in [0.15, 0.2) is 5.16 Å². The Hall–Kier alpha value is -1.59. The van der Waals surface area contributed by atoms with Crippen molar-refractivity contribution in [2.45, 2.75) is 70.0 Å². The van der Waals surface area contributed by atoms with E-state index in [2.05, 4.69) is 19.1 Å². The zero-order chi connectivity index (χ0) is 19.3. The first kappa shape index (κ1) is 19.7. The lowest BCUT2D eigenvalue weighted by atomic mass is 10.2. The Morgan fingerprint density at radius 1 is 1.11 bits per heavy atom. The van der Waals surface area contributed by atoms with Gasteiger partial charge in [0.05, 0.1) is 11.9 Å². The number of aryl methyl sites for hydroxylation is 2. The first-order chi connectivity index (χ1) is 13.8. The molecule has 0 unspecified atom stereocenters. The van der Waals surface area contributed by atoms with Gasteiger partial charge in [-0.25, -0.2) is 4.98 Å². The first-order valence-corrected chi connectivity index (χ1v) is 12.3. The van der Waals surface area contributed by atoms with Crippen molar-refractivity contribution in [3.05, 3.63) is 56.7 Å². The van der Waals surface area contributed by atoms with E-state index in [0.29, 0.717) is 6.54 Å². The SMILES string of the molecule is CCCCCCCSc1nc2sc3c(c2c(=O)n1Cc1ccccc1)CCC3. The maximum atomic E-state index is 13.5. The third-order valence-electron chi connectivity index (χ3n) is 5.45. The van der Waals surface area contributed by atoms with Crippen LogP contribution in [0.25, 0.3) is 10.2 Å². The van der Waals surface area contributed by atoms with Crippen molar-refractivity contribution >= 4 is 33.3 Å². The van der Waals surface area contributed by atoms with Gasteiger partial charge in [-0.05, 0) is 36.8 Å². The van der Waals surface area contributed by atoms with Gasteiger partial charge in [0.25, 0.3) is 5.56 Å². The van der Waals surface area contributed by atoms with Gasteiger partial charge in [-0.15, -0.1) is 11.3 Å². The van der Waals surface area contributed by atoms with E-state index in [9.17, 15) is 4.79 Å². The quantitative estimate of drug-likeness (QED) is 0.243. The summed E-state index contributed by atoms with van der Waals surface area (Å²) in [6.07, 6.45) is 9.64. The van der Waals surface area contributed by atoms with E-state index in [-0.39, 0.29) is 5.56 Å². The largest absolute Gasteiger partial charge is 0.283 e. The summed E-state index contributed by atoms with van der Waals surface area (Å²) in [4.78, 5) is 20.8. The fraction of sp³-hybridized carbons (Fsp3) is 0.478. The summed E-state index contributed by atoms with van der Waals surface area (Å²) in [5.74, 6) is 1.03. The van der Waals surface area contributed by atoms with Crippen LogP contribution in [0.5, 0.6) is 0 Å². The molecule has 4 rings (SSSR count).